The first-order chi connectivity index (χ1) is 10.3. The Morgan fingerprint density at radius 1 is 0.810 bits per heavy atom. The van der Waals surface area contributed by atoms with E-state index in [1.54, 1.807) is 0 Å². The summed E-state index contributed by atoms with van der Waals surface area (Å²) in [6.45, 7) is 0. The monoisotopic (exact) mass is 315 g/mol. The van der Waals surface area contributed by atoms with Gasteiger partial charge in [0.1, 0.15) is 0 Å². The van der Waals surface area contributed by atoms with Gasteiger partial charge in [-0.15, -0.1) is 11.8 Å². The van der Waals surface area contributed by atoms with Crippen molar-refractivity contribution in [2.24, 2.45) is 0 Å². The molecular formula is C18H21NS2. The fourth-order valence-corrected chi connectivity index (χ4v) is 4.14. The molecule has 0 aromatic heterocycles. The predicted octanol–water partition coefficient (Wildman–Crippen LogP) is 5.76. The summed E-state index contributed by atoms with van der Waals surface area (Å²) >= 11 is 6.59. The third-order valence-corrected chi connectivity index (χ3v) is 5.73. The van der Waals surface area contributed by atoms with Crippen LogP contribution in [0.2, 0.25) is 0 Å². The molecule has 0 amide bonds. The molecule has 1 N–H and O–H groups in total. The highest BCUT2D eigenvalue weighted by Crippen LogP contribution is 2.35. The lowest BCUT2D eigenvalue weighted by atomic mass is 10.00. The molecule has 0 aliphatic heterocycles. The smallest absolute Gasteiger partial charge is 0.0385 e. The Morgan fingerprint density at radius 3 is 2.10 bits per heavy atom. The molecule has 3 rings (SSSR count). The van der Waals surface area contributed by atoms with Gasteiger partial charge in [0.15, 0.2) is 0 Å². The number of hydrogen-bond donors (Lipinski definition) is 2. The maximum absolute atomic E-state index is 4.57. The van der Waals surface area contributed by atoms with E-state index >= 15 is 0 Å². The summed E-state index contributed by atoms with van der Waals surface area (Å²) in [7, 11) is 0. The summed E-state index contributed by atoms with van der Waals surface area (Å²) in [5.74, 6) is 0. The first-order valence-electron chi connectivity index (χ1n) is 7.56. The zero-order valence-electron chi connectivity index (χ0n) is 12.0. The highest BCUT2D eigenvalue weighted by molar-refractivity contribution is 8.00. The van der Waals surface area contributed by atoms with Crippen molar-refractivity contribution in [2.45, 2.75) is 41.1 Å². The lowest BCUT2D eigenvalue weighted by Gasteiger charge is -2.25. The quantitative estimate of drug-likeness (QED) is 0.695. The van der Waals surface area contributed by atoms with Crippen molar-refractivity contribution in [3.63, 3.8) is 0 Å². The van der Waals surface area contributed by atoms with Gasteiger partial charge in [0.2, 0.25) is 0 Å². The molecule has 3 heteroatoms. The second kappa shape index (κ2) is 7.28. The van der Waals surface area contributed by atoms with Crippen LogP contribution in [0.15, 0.2) is 59.5 Å². The molecule has 0 atom stereocenters. The van der Waals surface area contributed by atoms with Gasteiger partial charge in [-0.2, -0.15) is 12.6 Å². The average molecular weight is 316 g/mol. The lowest BCUT2D eigenvalue weighted by molar-refractivity contribution is 0.530. The van der Waals surface area contributed by atoms with Gasteiger partial charge in [0, 0.05) is 26.8 Å². The number of nitrogens with one attached hydrogen (secondary N) is 1. The van der Waals surface area contributed by atoms with E-state index in [4.69, 9.17) is 0 Å². The molecule has 21 heavy (non-hydrogen) atoms. The minimum atomic E-state index is 0.624. The molecule has 0 radical (unpaired) electrons. The highest BCUT2D eigenvalue weighted by atomic mass is 32.2. The van der Waals surface area contributed by atoms with Gasteiger partial charge in [0.05, 0.1) is 0 Å². The highest BCUT2D eigenvalue weighted by Gasteiger charge is 2.19. The van der Waals surface area contributed by atoms with Crippen molar-refractivity contribution in [1.82, 2.24) is 0 Å². The Bertz CT molecular complexity index is 545. The molecule has 1 saturated carbocycles. The number of anilines is 2. The van der Waals surface area contributed by atoms with E-state index in [0.717, 1.165) is 16.6 Å². The molecule has 0 unspecified atom stereocenters. The zero-order chi connectivity index (χ0) is 14.5. The van der Waals surface area contributed by atoms with E-state index in [2.05, 4.69) is 54.3 Å². The largest absolute Gasteiger partial charge is 0.356 e. The fraction of sp³-hybridized carbons (Fsp3) is 0.333. The van der Waals surface area contributed by atoms with Gasteiger partial charge in [-0.05, 0) is 62.1 Å². The number of thiol groups is 1. The summed E-state index contributed by atoms with van der Waals surface area (Å²) in [5.41, 5.74) is 2.27. The summed E-state index contributed by atoms with van der Waals surface area (Å²) in [6.07, 6.45) is 5.11. The molecule has 1 aliphatic rings. The van der Waals surface area contributed by atoms with E-state index in [1.165, 1.54) is 30.6 Å². The zero-order valence-corrected chi connectivity index (χ0v) is 13.7. The van der Waals surface area contributed by atoms with Gasteiger partial charge in [-0.25, -0.2) is 0 Å². The van der Waals surface area contributed by atoms with E-state index in [0.29, 0.717) is 5.25 Å². The standard InChI is InChI=1S/C18H21NS2/c20-16-8-12-18(13-9-16)21-17-10-6-15(7-11-17)19-14-4-2-1-3-5-14/h1-7,10-11,16,18-20H,8-9,12-13H2. The van der Waals surface area contributed by atoms with Crippen LogP contribution < -0.4 is 5.32 Å². The van der Waals surface area contributed by atoms with Crippen molar-refractivity contribution in [1.29, 1.82) is 0 Å². The van der Waals surface area contributed by atoms with Crippen LogP contribution in [0.1, 0.15) is 25.7 Å². The van der Waals surface area contributed by atoms with E-state index in [9.17, 15) is 0 Å². The predicted molar refractivity (Wildman–Crippen MR) is 97.1 cm³/mol. The van der Waals surface area contributed by atoms with Crippen molar-refractivity contribution < 1.29 is 0 Å². The van der Waals surface area contributed by atoms with Crippen LogP contribution >= 0.6 is 24.4 Å². The third kappa shape index (κ3) is 4.45. The average Bonchev–Trinajstić information content (AvgIpc) is 2.53. The Hall–Kier alpha value is -1.06. The summed E-state index contributed by atoms with van der Waals surface area (Å²) in [4.78, 5) is 1.37. The molecule has 2 aromatic carbocycles. The summed E-state index contributed by atoms with van der Waals surface area (Å²) in [6, 6.07) is 19.1. The van der Waals surface area contributed by atoms with E-state index in [-0.39, 0.29) is 0 Å². The molecule has 110 valence electrons. The van der Waals surface area contributed by atoms with Crippen LogP contribution in [0.25, 0.3) is 0 Å². The fourth-order valence-electron chi connectivity index (χ4n) is 2.66. The number of hydrogen-bond acceptors (Lipinski definition) is 3. The number of para-hydroxylation sites is 1. The van der Waals surface area contributed by atoms with Gasteiger partial charge in [0.25, 0.3) is 0 Å². The van der Waals surface area contributed by atoms with Crippen molar-refractivity contribution >= 4 is 35.8 Å². The molecule has 1 nitrogen and oxygen atoms in total. The molecule has 0 saturated heterocycles. The summed E-state index contributed by atoms with van der Waals surface area (Å²) < 4.78 is 0. The molecule has 0 heterocycles. The third-order valence-electron chi connectivity index (χ3n) is 3.86. The maximum Gasteiger partial charge on any atom is 0.0385 e. The van der Waals surface area contributed by atoms with Gasteiger partial charge in [-0.3, -0.25) is 0 Å². The van der Waals surface area contributed by atoms with Crippen LogP contribution in [0, 0.1) is 0 Å². The second-order valence-electron chi connectivity index (χ2n) is 5.56. The molecule has 2 aromatic rings. The van der Waals surface area contributed by atoms with Gasteiger partial charge >= 0.3 is 0 Å². The van der Waals surface area contributed by atoms with E-state index in [1.807, 2.05) is 30.0 Å². The van der Waals surface area contributed by atoms with Crippen molar-refractivity contribution in [3.8, 4) is 0 Å². The first-order valence-corrected chi connectivity index (χ1v) is 8.96. The first kappa shape index (κ1) is 14.9. The number of benzene rings is 2. The molecule has 1 fully saturated rings. The normalized spacial score (nSPS) is 22.0. The SMILES string of the molecule is SC1CCC(Sc2ccc(Nc3ccccc3)cc2)CC1. The van der Waals surface area contributed by atoms with Crippen LogP contribution in [-0.2, 0) is 0 Å². The van der Waals surface area contributed by atoms with Crippen molar-refractivity contribution in [2.75, 3.05) is 5.32 Å². The van der Waals surface area contributed by atoms with Crippen LogP contribution in [-0.4, -0.2) is 10.5 Å². The maximum atomic E-state index is 4.57. The van der Waals surface area contributed by atoms with Gasteiger partial charge in [-0.1, -0.05) is 18.2 Å². The Labute approximate surface area is 137 Å². The number of rotatable bonds is 4. The Balaban J connectivity index is 1.57. The van der Waals surface area contributed by atoms with Crippen LogP contribution in [0.4, 0.5) is 11.4 Å². The lowest BCUT2D eigenvalue weighted by Crippen LogP contribution is -2.15. The summed E-state index contributed by atoms with van der Waals surface area (Å²) in [5, 5.41) is 4.81. The van der Waals surface area contributed by atoms with Gasteiger partial charge < -0.3 is 5.32 Å². The second-order valence-corrected chi connectivity index (χ2v) is 7.67. The minimum absolute atomic E-state index is 0.624. The topological polar surface area (TPSA) is 12.0 Å². The Morgan fingerprint density at radius 2 is 1.43 bits per heavy atom. The molecule has 0 spiro atoms. The van der Waals surface area contributed by atoms with E-state index < -0.39 is 0 Å². The Kier molecular flexibility index (Phi) is 5.15. The minimum Gasteiger partial charge on any atom is -0.356 e. The molecule has 0 bridgehead atoms. The van der Waals surface area contributed by atoms with Crippen LogP contribution in [0.3, 0.4) is 0 Å². The molecular weight excluding hydrogens is 294 g/mol. The molecule has 1 aliphatic carbocycles. The van der Waals surface area contributed by atoms with Crippen LogP contribution in [0.5, 0.6) is 0 Å². The van der Waals surface area contributed by atoms with Crippen molar-refractivity contribution in [3.05, 3.63) is 54.6 Å². The number of thioether (sulfide) groups is 1.